The monoisotopic (exact) mass is 195 g/mol. The summed E-state index contributed by atoms with van der Waals surface area (Å²) in [7, 11) is 1.74. The first-order valence-corrected chi connectivity index (χ1v) is 5.34. The summed E-state index contributed by atoms with van der Waals surface area (Å²) in [5.74, 6) is 0.827. The van der Waals surface area contributed by atoms with Crippen molar-refractivity contribution in [2.75, 3.05) is 7.05 Å². The van der Waals surface area contributed by atoms with Crippen LogP contribution in [0.1, 0.15) is 26.7 Å². The van der Waals surface area contributed by atoms with Gasteiger partial charge in [0, 0.05) is 18.9 Å². The zero-order valence-electron chi connectivity index (χ0n) is 8.99. The van der Waals surface area contributed by atoms with Gasteiger partial charge in [0.05, 0.1) is 6.04 Å². The zero-order valence-corrected chi connectivity index (χ0v) is 8.99. The molecule has 1 aliphatic carbocycles. The fourth-order valence-electron chi connectivity index (χ4n) is 2.88. The van der Waals surface area contributed by atoms with Crippen molar-refractivity contribution in [1.82, 2.24) is 4.90 Å². The fraction of sp³-hybridized carbons (Fsp3) is 0.818. The first-order chi connectivity index (χ1) is 6.54. The summed E-state index contributed by atoms with van der Waals surface area (Å²) in [5, 5.41) is 0. The Morgan fingerprint density at radius 2 is 1.86 bits per heavy atom. The lowest BCUT2D eigenvalue weighted by Crippen LogP contribution is -2.53. The van der Waals surface area contributed by atoms with Crippen LogP contribution in [0.4, 0.5) is 0 Å². The minimum absolute atomic E-state index is 0.00806. The molecular weight excluding hydrogens is 178 g/mol. The molecule has 2 aliphatic rings. The van der Waals surface area contributed by atoms with Gasteiger partial charge in [-0.2, -0.15) is 0 Å². The van der Waals surface area contributed by atoms with E-state index in [1.54, 1.807) is 11.9 Å². The quantitative estimate of drug-likeness (QED) is 0.580. The highest BCUT2D eigenvalue weighted by Crippen LogP contribution is 2.42. The van der Waals surface area contributed by atoms with Crippen LogP contribution in [0.3, 0.4) is 0 Å². The van der Waals surface area contributed by atoms with E-state index >= 15 is 0 Å². The molecule has 1 aliphatic heterocycles. The number of piperidine rings is 1. The largest absolute Gasteiger partial charge is 0.336 e. The number of carbonyl (C=O) groups excluding carboxylic acids is 2. The molecule has 78 valence electrons. The van der Waals surface area contributed by atoms with Gasteiger partial charge in [-0.3, -0.25) is 9.59 Å². The van der Waals surface area contributed by atoms with Crippen molar-refractivity contribution in [3.63, 3.8) is 0 Å². The van der Waals surface area contributed by atoms with Gasteiger partial charge >= 0.3 is 0 Å². The molecule has 4 atom stereocenters. The number of hydrogen-bond acceptors (Lipinski definition) is 2. The summed E-state index contributed by atoms with van der Waals surface area (Å²) in [5.41, 5.74) is 0. The molecule has 0 bridgehead atoms. The summed E-state index contributed by atoms with van der Waals surface area (Å²) < 4.78 is 0. The molecule has 1 saturated carbocycles. The van der Waals surface area contributed by atoms with Crippen LogP contribution in [0.25, 0.3) is 0 Å². The molecule has 0 N–H and O–H groups in total. The van der Waals surface area contributed by atoms with Gasteiger partial charge in [0.1, 0.15) is 0 Å². The van der Waals surface area contributed by atoms with Crippen molar-refractivity contribution < 1.29 is 9.59 Å². The molecule has 0 spiro atoms. The van der Waals surface area contributed by atoms with Crippen LogP contribution in [0.5, 0.6) is 0 Å². The summed E-state index contributed by atoms with van der Waals surface area (Å²) in [6.45, 7) is 3.93. The minimum atomic E-state index is -0.218. The van der Waals surface area contributed by atoms with Crippen LogP contribution in [0.2, 0.25) is 0 Å². The summed E-state index contributed by atoms with van der Waals surface area (Å²) in [4.78, 5) is 25.5. The van der Waals surface area contributed by atoms with Gasteiger partial charge in [-0.05, 0) is 25.7 Å². The highest BCUT2D eigenvalue weighted by atomic mass is 16.2. The maximum atomic E-state index is 12.0. The van der Waals surface area contributed by atoms with Crippen molar-refractivity contribution in [1.29, 1.82) is 0 Å². The van der Waals surface area contributed by atoms with E-state index in [2.05, 4.69) is 6.92 Å². The Morgan fingerprint density at radius 3 is 2.50 bits per heavy atom. The molecule has 1 amide bonds. The fourth-order valence-corrected chi connectivity index (χ4v) is 2.88. The summed E-state index contributed by atoms with van der Waals surface area (Å²) >= 11 is 0. The topological polar surface area (TPSA) is 37.4 Å². The SMILES string of the molecule is CC1CCC2C(=O)N(C)C(C)C(=O)C12. The van der Waals surface area contributed by atoms with E-state index in [1.165, 1.54) is 0 Å². The van der Waals surface area contributed by atoms with Crippen LogP contribution in [-0.2, 0) is 9.59 Å². The number of likely N-dealkylation sites (tertiary alicyclic amines) is 1. The Kier molecular flexibility index (Phi) is 2.13. The molecule has 1 heterocycles. The average molecular weight is 195 g/mol. The van der Waals surface area contributed by atoms with E-state index in [-0.39, 0.29) is 29.6 Å². The standard InChI is InChI=1S/C11H17NO2/c1-6-4-5-8-9(6)10(13)7(2)12(3)11(8)14/h6-9H,4-5H2,1-3H3. The first kappa shape index (κ1) is 9.69. The van der Waals surface area contributed by atoms with Gasteiger partial charge in [-0.1, -0.05) is 6.92 Å². The van der Waals surface area contributed by atoms with E-state index in [4.69, 9.17) is 0 Å². The van der Waals surface area contributed by atoms with Crippen molar-refractivity contribution in [3.8, 4) is 0 Å². The maximum Gasteiger partial charge on any atom is 0.226 e. The van der Waals surface area contributed by atoms with Gasteiger partial charge < -0.3 is 4.90 Å². The number of nitrogens with zero attached hydrogens (tertiary/aromatic N) is 1. The molecule has 2 fully saturated rings. The molecule has 1 saturated heterocycles. The lowest BCUT2D eigenvalue weighted by atomic mass is 9.79. The van der Waals surface area contributed by atoms with Crippen LogP contribution in [0, 0.1) is 17.8 Å². The zero-order chi connectivity index (χ0) is 10.5. The van der Waals surface area contributed by atoms with Crippen molar-refractivity contribution in [2.24, 2.45) is 17.8 Å². The molecule has 0 aromatic carbocycles. The lowest BCUT2D eigenvalue weighted by molar-refractivity contribution is -0.152. The van der Waals surface area contributed by atoms with Gasteiger partial charge in [0.25, 0.3) is 0 Å². The molecule has 0 radical (unpaired) electrons. The van der Waals surface area contributed by atoms with E-state index < -0.39 is 0 Å². The third-order valence-corrected chi connectivity index (χ3v) is 3.97. The van der Waals surface area contributed by atoms with Gasteiger partial charge in [-0.25, -0.2) is 0 Å². The Labute approximate surface area is 84.5 Å². The van der Waals surface area contributed by atoms with Crippen LogP contribution >= 0.6 is 0 Å². The highest BCUT2D eigenvalue weighted by Gasteiger charge is 2.49. The second-order valence-electron chi connectivity index (χ2n) is 4.71. The van der Waals surface area contributed by atoms with Crippen molar-refractivity contribution in [3.05, 3.63) is 0 Å². The molecule has 14 heavy (non-hydrogen) atoms. The molecular formula is C11H17NO2. The number of hydrogen-bond donors (Lipinski definition) is 0. The van der Waals surface area contributed by atoms with Crippen molar-refractivity contribution >= 4 is 11.7 Å². The number of carbonyl (C=O) groups is 2. The molecule has 3 nitrogen and oxygen atoms in total. The van der Waals surface area contributed by atoms with E-state index in [9.17, 15) is 9.59 Å². The Balaban J connectivity index is 2.32. The number of Topliss-reactive ketones (excluding diaryl/α,β-unsaturated/α-hetero) is 1. The summed E-state index contributed by atoms with van der Waals surface area (Å²) in [6, 6.07) is -0.218. The Bertz CT molecular complexity index is 287. The first-order valence-electron chi connectivity index (χ1n) is 5.34. The second kappa shape index (κ2) is 3.07. The minimum Gasteiger partial charge on any atom is -0.336 e. The smallest absolute Gasteiger partial charge is 0.226 e. The molecule has 0 aromatic heterocycles. The Morgan fingerprint density at radius 1 is 1.21 bits per heavy atom. The van der Waals surface area contributed by atoms with Crippen molar-refractivity contribution in [2.45, 2.75) is 32.7 Å². The van der Waals surface area contributed by atoms with E-state index in [1.807, 2.05) is 6.92 Å². The lowest BCUT2D eigenvalue weighted by Gasteiger charge is -2.37. The second-order valence-corrected chi connectivity index (χ2v) is 4.71. The predicted molar refractivity (Wildman–Crippen MR) is 52.6 cm³/mol. The van der Waals surface area contributed by atoms with Gasteiger partial charge in [-0.15, -0.1) is 0 Å². The number of fused-ring (bicyclic) bond motifs is 1. The summed E-state index contributed by atoms with van der Waals surface area (Å²) in [6.07, 6.45) is 1.92. The van der Waals surface area contributed by atoms with Crippen LogP contribution in [-0.4, -0.2) is 29.7 Å². The number of rotatable bonds is 0. The number of ketones is 1. The highest BCUT2D eigenvalue weighted by molar-refractivity contribution is 5.98. The molecule has 0 aromatic rings. The van der Waals surface area contributed by atoms with Crippen LogP contribution < -0.4 is 0 Å². The predicted octanol–water partition coefficient (Wildman–Crippen LogP) is 1.08. The third kappa shape index (κ3) is 1.11. The van der Waals surface area contributed by atoms with Gasteiger partial charge in [0.2, 0.25) is 5.91 Å². The molecule has 4 unspecified atom stereocenters. The van der Waals surface area contributed by atoms with E-state index in [0.29, 0.717) is 5.92 Å². The molecule has 2 rings (SSSR count). The Hall–Kier alpha value is -0.860. The maximum absolute atomic E-state index is 12.0. The number of likely N-dealkylation sites (N-methyl/N-ethyl adjacent to an activating group) is 1. The normalized spacial score (nSPS) is 42.9. The van der Waals surface area contributed by atoms with Crippen LogP contribution in [0.15, 0.2) is 0 Å². The number of amides is 1. The van der Waals surface area contributed by atoms with E-state index in [0.717, 1.165) is 12.8 Å². The van der Waals surface area contributed by atoms with Gasteiger partial charge in [0.15, 0.2) is 5.78 Å². The third-order valence-electron chi connectivity index (χ3n) is 3.97. The molecule has 3 heteroatoms. The average Bonchev–Trinajstić information content (AvgIpc) is 2.54.